The average molecular weight is 444 g/mol. The standard InChI is InChI=1S/C20H12BrClN2OS/c21-14-8-5-12(6-9-14)19(25)23-17-11-13(7-10-15(17)22)20-24-16-3-1-2-4-18(16)26-20/h1-11H,(H,23,25). The van der Waals surface area contributed by atoms with Crippen LogP contribution in [0.2, 0.25) is 5.02 Å². The number of fused-ring (bicyclic) bond motifs is 1. The molecule has 1 heterocycles. The van der Waals surface area contributed by atoms with E-state index in [0.717, 1.165) is 25.3 Å². The number of hydrogen-bond acceptors (Lipinski definition) is 3. The highest BCUT2D eigenvalue weighted by Gasteiger charge is 2.12. The van der Waals surface area contributed by atoms with Gasteiger partial charge in [-0.15, -0.1) is 11.3 Å². The molecule has 0 spiro atoms. The Balaban J connectivity index is 1.65. The Kier molecular flexibility index (Phi) is 4.76. The summed E-state index contributed by atoms with van der Waals surface area (Å²) in [6.45, 7) is 0. The Bertz CT molecular complexity index is 1080. The maximum atomic E-state index is 12.5. The lowest BCUT2D eigenvalue weighted by molar-refractivity contribution is 0.102. The van der Waals surface area contributed by atoms with Crippen molar-refractivity contribution in [3.8, 4) is 10.6 Å². The van der Waals surface area contributed by atoms with Gasteiger partial charge >= 0.3 is 0 Å². The van der Waals surface area contributed by atoms with Crippen LogP contribution in [0.5, 0.6) is 0 Å². The lowest BCUT2D eigenvalue weighted by Gasteiger charge is -2.09. The van der Waals surface area contributed by atoms with Crippen LogP contribution in [-0.2, 0) is 0 Å². The van der Waals surface area contributed by atoms with Crippen molar-refractivity contribution in [3.05, 3.63) is 81.8 Å². The maximum Gasteiger partial charge on any atom is 0.255 e. The molecule has 3 nitrogen and oxygen atoms in total. The quantitative estimate of drug-likeness (QED) is 0.386. The number of thiazole rings is 1. The van der Waals surface area contributed by atoms with E-state index in [-0.39, 0.29) is 5.91 Å². The number of rotatable bonds is 3. The molecule has 0 aliphatic carbocycles. The van der Waals surface area contributed by atoms with E-state index < -0.39 is 0 Å². The third-order valence-electron chi connectivity index (χ3n) is 3.86. The van der Waals surface area contributed by atoms with Crippen molar-refractivity contribution >= 4 is 60.7 Å². The van der Waals surface area contributed by atoms with Crippen LogP contribution in [0, 0.1) is 0 Å². The van der Waals surface area contributed by atoms with Gasteiger partial charge in [-0.05, 0) is 48.5 Å². The Labute approximate surface area is 167 Å². The topological polar surface area (TPSA) is 42.0 Å². The number of halogens is 2. The van der Waals surface area contributed by atoms with Gasteiger partial charge in [0.2, 0.25) is 0 Å². The SMILES string of the molecule is O=C(Nc1cc(-c2nc3ccccc3s2)ccc1Cl)c1ccc(Br)cc1. The molecule has 0 radical (unpaired) electrons. The number of amides is 1. The second-order valence-corrected chi connectivity index (χ2v) is 8.00. The Hall–Kier alpha value is -2.21. The van der Waals surface area contributed by atoms with Crippen molar-refractivity contribution in [2.24, 2.45) is 0 Å². The van der Waals surface area contributed by atoms with Gasteiger partial charge in [0.15, 0.2) is 0 Å². The van der Waals surface area contributed by atoms with E-state index in [1.165, 1.54) is 0 Å². The predicted octanol–water partition coefficient (Wildman–Crippen LogP) is 6.63. The molecular weight excluding hydrogens is 432 g/mol. The van der Waals surface area contributed by atoms with Gasteiger partial charge in [0.25, 0.3) is 5.91 Å². The van der Waals surface area contributed by atoms with Gasteiger partial charge in [-0.1, -0.05) is 45.7 Å². The molecule has 0 saturated heterocycles. The van der Waals surface area contributed by atoms with Crippen molar-refractivity contribution in [1.29, 1.82) is 0 Å². The highest BCUT2D eigenvalue weighted by Crippen LogP contribution is 2.34. The van der Waals surface area contributed by atoms with Crippen LogP contribution in [0.15, 0.2) is 71.2 Å². The highest BCUT2D eigenvalue weighted by atomic mass is 79.9. The molecule has 3 aromatic carbocycles. The summed E-state index contributed by atoms with van der Waals surface area (Å²) in [5.74, 6) is -0.208. The van der Waals surface area contributed by atoms with Crippen molar-refractivity contribution in [3.63, 3.8) is 0 Å². The summed E-state index contributed by atoms with van der Waals surface area (Å²) in [6, 6.07) is 20.7. The number of anilines is 1. The summed E-state index contributed by atoms with van der Waals surface area (Å²) < 4.78 is 2.04. The first-order valence-electron chi connectivity index (χ1n) is 7.82. The minimum Gasteiger partial charge on any atom is -0.321 e. The lowest BCUT2D eigenvalue weighted by Crippen LogP contribution is -2.12. The van der Waals surface area contributed by atoms with Gasteiger partial charge in [0.1, 0.15) is 5.01 Å². The lowest BCUT2D eigenvalue weighted by atomic mass is 10.1. The van der Waals surface area contributed by atoms with Gasteiger partial charge in [0, 0.05) is 15.6 Å². The van der Waals surface area contributed by atoms with Crippen LogP contribution < -0.4 is 5.32 Å². The van der Waals surface area contributed by atoms with E-state index in [1.54, 1.807) is 29.5 Å². The fourth-order valence-electron chi connectivity index (χ4n) is 2.55. The molecule has 1 aromatic heterocycles. The number of nitrogens with one attached hydrogen (secondary N) is 1. The molecule has 0 fully saturated rings. The fourth-order valence-corrected chi connectivity index (χ4v) is 3.94. The van der Waals surface area contributed by atoms with E-state index in [0.29, 0.717) is 16.3 Å². The highest BCUT2D eigenvalue weighted by molar-refractivity contribution is 9.10. The number of carbonyl (C=O) groups excluding carboxylic acids is 1. The predicted molar refractivity (Wildman–Crippen MR) is 112 cm³/mol. The molecule has 1 N–H and O–H groups in total. The van der Waals surface area contributed by atoms with Gasteiger partial charge in [-0.2, -0.15) is 0 Å². The molecule has 0 aliphatic heterocycles. The first-order valence-corrected chi connectivity index (χ1v) is 9.81. The first-order chi connectivity index (χ1) is 12.6. The second kappa shape index (κ2) is 7.19. The molecule has 1 amide bonds. The third-order valence-corrected chi connectivity index (χ3v) is 5.81. The molecule has 0 bridgehead atoms. The zero-order valence-corrected chi connectivity index (χ0v) is 16.5. The molecule has 0 aliphatic rings. The summed E-state index contributed by atoms with van der Waals surface area (Å²) in [5.41, 5.74) is 3.01. The van der Waals surface area contributed by atoms with Crippen molar-refractivity contribution in [1.82, 2.24) is 4.98 Å². The Morgan fingerprint density at radius 2 is 1.81 bits per heavy atom. The summed E-state index contributed by atoms with van der Waals surface area (Å²) in [7, 11) is 0. The fraction of sp³-hybridized carbons (Fsp3) is 0. The van der Waals surface area contributed by atoms with Crippen LogP contribution in [0.25, 0.3) is 20.8 Å². The van der Waals surface area contributed by atoms with Crippen LogP contribution in [0.3, 0.4) is 0 Å². The van der Waals surface area contributed by atoms with Crippen LogP contribution in [0.1, 0.15) is 10.4 Å². The van der Waals surface area contributed by atoms with E-state index in [1.807, 2.05) is 48.5 Å². The molecule has 0 saturated carbocycles. The average Bonchev–Trinajstić information content (AvgIpc) is 3.08. The van der Waals surface area contributed by atoms with Crippen LogP contribution >= 0.6 is 38.9 Å². The van der Waals surface area contributed by atoms with Crippen molar-refractivity contribution < 1.29 is 4.79 Å². The molecule has 4 aromatic rings. The van der Waals surface area contributed by atoms with Gasteiger partial charge < -0.3 is 5.32 Å². The number of aromatic nitrogens is 1. The second-order valence-electron chi connectivity index (χ2n) is 5.64. The molecule has 4 rings (SSSR count). The van der Waals surface area contributed by atoms with E-state index in [9.17, 15) is 4.79 Å². The largest absolute Gasteiger partial charge is 0.321 e. The first kappa shape index (κ1) is 17.2. The molecular formula is C20H12BrClN2OS. The molecule has 6 heteroatoms. The summed E-state index contributed by atoms with van der Waals surface area (Å²) in [6.07, 6.45) is 0. The molecule has 0 unspecified atom stereocenters. The van der Waals surface area contributed by atoms with Crippen LogP contribution in [-0.4, -0.2) is 10.9 Å². The third kappa shape index (κ3) is 3.51. The minimum atomic E-state index is -0.208. The van der Waals surface area contributed by atoms with Crippen molar-refractivity contribution in [2.45, 2.75) is 0 Å². The number of carbonyl (C=O) groups is 1. The summed E-state index contributed by atoms with van der Waals surface area (Å²) >= 11 is 11.3. The normalized spacial score (nSPS) is 10.8. The molecule has 0 atom stereocenters. The zero-order valence-electron chi connectivity index (χ0n) is 13.4. The van der Waals surface area contributed by atoms with Crippen molar-refractivity contribution in [2.75, 3.05) is 5.32 Å². The van der Waals surface area contributed by atoms with E-state index in [2.05, 4.69) is 26.2 Å². The van der Waals surface area contributed by atoms with Gasteiger partial charge in [-0.25, -0.2) is 4.98 Å². The Morgan fingerprint density at radius 1 is 1.04 bits per heavy atom. The number of hydrogen-bond donors (Lipinski definition) is 1. The van der Waals surface area contributed by atoms with Gasteiger partial charge in [0.05, 0.1) is 20.9 Å². The van der Waals surface area contributed by atoms with Crippen LogP contribution in [0.4, 0.5) is 5.69 Å². The summed E-state index contributed by atoms with van der Waals surface area (Å²) in [4.78, 5) is 17.1. The minimum absolute atomic E-state index is 0.208. The number of benzene rings is 3. The molecule has 128 valence electrons. The Morgan fingerprint density at radius 3 is 2.58 bits per heavy atom. The number of nitrogens with zero attached hydrogens (tertiary/aromatic N) is 1. The smallest absolute Gasteiger partial charge is 0.255 e. The maximum absolute atomic E-state index is 12.5. The monoisotopic (exact) mass is 442 g/mol. The van der Waals surface area contributed by atoms with E-state index in [4.69, 9.17) is 11.6 Å². The summed E-state index contributed by atoms with van der Waals surface area (Å²) in [5, 5.41) is 4.26. The van der Waals surface area contributed by atoms with E-state index >= 15 is 0 Å². The zero-order chi connectivity index (χ0) is 18.1. The number of para-hydroxylation sites is 1. The van der Waals surface area contributed by atoms with Gasteiger partial charge in [-0.3, -0.25) is 4.79 Å². The molecule has 26 heavy (non-hydrogen) atoms.